The van der Waals surface area contributed by atoms with Gasteiger partial charge >= 0.3 is 0 Å². The summed E-state index contributed by atoms with van der Waals surface area (Å²) in [5, 5.41) is 0. The van der Waals surface area contributed by atoms with E-state index in [0.29, 0.717) is 0 Å². The van der Waals surface area contributed by atoms with Crippen molar-refractivity contribution in [3.63, 3.8) is 0 Å². The van der Waals surface area contributed by atoms with Gasteiger partial charge in [-0.25, -0.2) is 0 Å². The van der Waals surface area contributed by atoms with Gasteiger partial charge in [-0.05, 0) is 24.3 Å². The maximum Gasteiger partial charge on any atom is 0.146 e. The van der Waals surface area contributed by atoms with Gasteiger partial charge < -0.3 is 0 Å². The third-order valence-corrected chi connectivity index (χ3v) is 9.17. The summed E-state index contributed by atoms with van der Waals surface area (Å²) in [5.74, 6) is 2.86. The zero-order valence-electron chi connectivity index (χ0n) is 9.18. The summed E-state index contributed by atoms with van der Waals surface area (Å²) in [4.78, 5) is 0. The highest BCUT2D eigenvalue weighted by molar-refractivity contribution is 8.50. The van der Waals surface area contributed by atoms with E-state index in [1.54, 1.807) is 0 Å². The Bertz CT molecular complexity index is 79.0. The summed E-state index contributed by atoms with van der Waals surface area (Å²) >= 11 is 4.51. The van der Waals surface area contributed by atoms with E-state index in [1.807, 2.05) is 0 Å². The Hall–Kier alpha value is 0.917. The van der Waals surface area contributed by atoms with Gasteiger partial charge in [0.25, 0.3) is 0 Å². The fourth-order valence-electron chi connectivity index (χ4n) is 1.09. The van der Waals surface area contributed by atoms with E-state index in [-0.39, 0.29) is 7.82 Å². The second-order valence-corrected chi connectivity index (χ2v) is 10.5. The molecule has 0 aromatic carbocycles. The molecule has 0 nitrogen and oxygen atoms in total. The summed E-state index contributed by atoms with van der Waals surface area (Å²) in [6, 6.07) is 0. The van der Waals surface area contributed by atoms with Gasteiger partial charge in [-0.2, -0.15) is 22.4 Å². The van der Waals surface area contributed by atoms with Crippen LogP contribution >= 0.6 is 22.4 Å². The molecule has 0 aromatic rings. The van der Waals surface area contributed by atoms with Crippen LogP contribution in [0.3, 0.4) is 0 Å². The molecule has 3 heteroatoms. The van der Waals surface area contributed by atoms with Crippen LogP contribution in [0.4, 0.5) is 0 Å². The van der Waals surface area contributed by atoms with E-state index in [0.717, 1.165) is 0 Å². The number of hydrogen-bond donors (Lipinski definition) is 0. The summed E-state index contributed by atoms with van der Waals surface area (Å²) in [5.41, 5.74) is 0. The first-order chi connectivity index (χ1) is 6.41. The molecule has 0 atom stereocenters. The van der Waals surface area contributed by atoms with Crippen LogP contribution < -0.4 is 0 Å². The Morgan fingerprint density at radius 3 is 1.62 bits per heavy atom. The topological polar surface area (TPSA) is 0 Å². The number of rotatable bonds is 10. The van der Waals surface area contributed by atoms with Crippen molar-refractivity contribution in [3.05, 3.63) is 0 Å². The van der Waals surface area contributed by atoms with Crippen molar-refractivity contribution in [1.82, 2.24) is 0 Å². The SMILES string of the molecule is CCCCCS[SiH2]SCCCCC. The van der Waals surface area contributed by atoms with Gasteiger partial charge in [0.15, 0.2) is 0 Å². The third-order valence-electron chi connectivity index (χ3n) is 1.95. The van der Waals surface area contributed by atoms with Gasteiger partial charge in [0.1, 0.15) is 7.82 Å². The first-order valence-electron chi connectivity index (χ1n) is 5.57. The fraction of sp³-hybridized carbons (Fsp3) is 1.00. The summed E-state index contributed by atoms with van der Waals surface area (Å²) < 4.78 is 0. The number of hydrogen-bond acceptors (Lipinski definition) is 2. The van der Waals surface area contributed by atoms with Gasteiger partial charge in [0, 0.05) is 0 Å². The zero-order valence-corrected chi connectivity index (χ0v) is 12.2. The Kier molecular flexibility index (Phi) is 13.8. The van der Waals surface area contributed by atoms with Crippen molar-refractivity contribution in [3.8, 4) is 0 Å². The van der Waals surface area contributed by atoms with Crippen LogP contribution in [0.1, 0.15) is 52.4 Å². The van der Waals surface area contributed by atoms with Crippen molar-refractivity contribution < 1.29 is 0 Å². The fourth-order valence-corrected chi connectivity index (χ4v) is 7.72. The average molecular weight is 237 g/mol. The standard InChI is InChI=1S/C10H24S2Si/c1-3-5-7-9-11-13-12-10-8-6-4-2/h3-10,13H2,1-2H3. The quantitative estimate of drug-likeness (QED) is 0.418. The largest absolute Gasteiger partial charge is 0.180 e. The highest BCUT2D eigenvalue weighted by atomic mass is 32.6. The molecule has 0 spiro atoms. The number of unbranched alkanes of at least 4 members (excludes halogenated alkanes) is 4. The van der Waals surface area contributed by atoms with Crippen molar-refractivity contribution >= 4 is 30.2 Å². The summed E-state index contributed by atoms with van der Waals surface area (Å²) in [7, 11) is 0.189. The van der Waals surface area contributed by atoms with Crippen molar-refractivity contribution in [1.29, 1.82) is 0 Å². The molecule has 0 rings (SSSR count). The molecule has 0 N–H and O–H groups in total. The molecule has 0 bridgehead atoms. The molecule has 0 saturated carbocycles. The third kappa shape index (κ3) is 12.9. The van der Waals surface area contributed by atoms with Gasteiger partial charge in [0.2, 0.25) is 0 Å². The van der Waals surface area contributed by atoms with Crippen molar-refractivity contribution in [2.75, 3.05) is 11.5 Å². The predicted octanol–water partition coefficient (Wildman–Crippen LogP) is 3.83. The lowest BCUT2D eigenvalue weighted by Crippen LogP contribution is -1.86. The first-order valence-corrected chi connectivity index (χ1v) is 11.3. The van der Waals surface area contributed by atoms with Gasteiger partial charge in [0.05, 0.1) is 0 Å². The van der Waals surface area contributed by atoms with Gasteiger partial charge in [-0.1, -0.05) is 39.5 Å². The van der Waals surface area contributed by atoms with E-state index < -0.39 is 0 Å². The maximum atomic E-state index is 2.28. The summed E-state index contributed by atoms with van der Waals surface area (Å²) in [6.07, 6.45) is 8.49. The van der Waals surface area contributed by atoms with Crippen molar-refractivity contribution in [2.45, 2.75) is 52.4 Å². The molecule has 0 aliphatic heterocycles. The second kappa shape index (κ2) is 12.9. The molecule has 0 heterocycles. The van der Waals surface area contributed by atoms with E-state index in [2.05, 4.69) is 36.3 Å². The minimum absolute atomic E-state index is 0.189. The molecule has 0 saturated heterocycles. The molecule has 0 aliphatic rings. The molecule has 0 fully saturated rings. The van der Waals surface area contributed by atoms with E-state index in [9.17, 15) is 0 Å². The minimum Gasteiger partial charge on any atom is -0.180 e. The van der Waals surface area contributed by atoms with Crippen LogP contribution in [0.2, 0.25) is 0 Å². The van der Waals surface area contributed by atoms with E-state index in [1.165, 1.54) is 50.0 Å². The lowest BCUT2D eigenvalue weighted by atomic mass is 10.3. The Morgan fingerprint density at radius 2 is 1.23 bits per heavy atom. The molecular weight excluding hydrogens is 212 g/mol. The van der Waals surface area contributed by atoms with Crippen LogP contribution in [-0.4, -0.2) is 19.3 Å². The smallest absolute Gasteiger partial charge is 0.146 e. The molecule has 13 heavy (non-hydrogen) atoms. The normalized spacial score (nSPS) is 10.6. The lowest BCUT2D eigenvalue weighted by Gasteiger charge is -2.00. The second-order valence-electron chi connectivity index (χ2n) is 3.35. The van der Waals surface area contributed by atoms with Crippen LogP contribution in [0, 0.1) is 0 Å². The molecule has 0 aliphatic carbocycles. The van der Waals surface area contributed by atoms with Crippen LogP contribution in [-0.2, 0) is 0 Å². The molecular formula is C10H24S2Si. The molecule has 0 unspecified atom stereocenters. The van der Waals surface area contributed by atoms with Crippen LogP contribution in [0.15, 0.2) is 0 Å². The molecule has 0 amide bonds. The van der Waals surface area contributed by atoms with E-state index >= 15 is 0 Å². The maximum absolute atomic E-state index is 2.28. The zero-order chi connectivity index (χ0) is 9.78. The first kappa shape index (κ1) is 13.9. The highest BCUT2D eigenvalue weighted by Gasteiger charge is 1.91. The van der Waals surface area contributed by atoms with Gasteiger partial charge in [-0.3, -0.25) is 0 Å². The van der Waals surface area contributed by atoms with Crippen LogP contribution in [0.5, 0.6) is 0 Å². The lowest BCUT2D eigenvalue weighted by molar-refractivity contribution is 0.779. The van der Waals surface area contributed by atoms with E-state index in [4.69, 9.17) is 0 Å². The van der Waals surface area contributed by atoms with Crippen molar-refractivity contribution in [2.24, 2.45) is 0 Å². The average Bonchev–Trinajstić information content (AvgIpc) is 2.16. The molecule has 80 valence electrons. The summed E-state index contributed by atoms with van der Waals surface area (Å²) in [6.45, 7) is 4.56. The van der Waals surface area contributed by atoms with Crippen LogP contribution in [0.25, 0.3) is 0 Å². The molecule has 0 aromatic heterocycles. The Labute approximate surface area is 94.1 Å². The predicted molar refractivity (Wildman–Crippen MR) is 72.5 cm³/mol. The highest BCUT2D eigenvalue weighted by Crippen LogP contribution is 2.13. The van der Waals surface area contributed by atoms with Gasteiger partial charge in [-0.15, -0.1) is 0 Å². The Balaban J connectivity index is 2.76. The monoisotopic (exact) mass is 236 g/mol. The Morgan fingerprint density at radius 1 is 0.769 bits per heavy atom. The molecule has 0 radical (unpaired) electrons. The minimum atomic E-state index is 0.189.